The molecule has 6 nitrogen and oxygen atoms in total. The Kier molecular flexibility index (Phi) is 4.03. The molecule has 0 saturated carbocycles. The van der Waals surface area contributed by atoms with Crippen LogP contribution >= 0.6 is 11.5 Å². The normalized spacial score (nSPS) is 22.6. The molecule has 0 unspecified atom stereocenters. The minimum absolute atomic E-state index is 0.0141. The van der Waals surface area contributed by atoms with Crippen LogP contribution in [0.4, 0.5) is 0 Å². The van der Waals surface area contributed by atoms with Crippen LogP contribution in [-0.4, -0.2) is 44.9 Å². The third-order valence-electron chi connectivity index (χ3n) is 5.24. The highest BCUT2D eigenvalue weighted by Crippen LogP contribution is 2.32. The van der Waals surface area contributed by atoms with Gasteiger partial charge in [-0.15, -0.1) is 5.10 Å². The van der Waals surface area contributed by atoms with Crippen molar-refractivity contribution in [3.05, 3.63) is 46.0 Å². The maximum atomic E-state index is 12.8. The summed E-state index contributed by atoms with van der Waals surface area (Å²) in [6.07, 6.45) is 3.18. The van der Waals surface area contributed by atoms with Gasteiger partial charge in [0.15, 0.2) is 0 Å². The van der Waals surface area contributed by atoms with E-state index in [1.165, 1.54) is 0 Å². The quantitative estimate of drug-likeness (QED) is 0.894. The lowest BCUT2D eigenvalue weighted by molar-refractivity contribution is 0.0767. The molecule has 4 rings (SSSR count). The van der Waals surface area contributed by atoms with Crippen molar-refractivity contribution in [3.63, 3.8) is 0 Å². The van der Waals surface area contributed by atoms with E-state index in [9.17, 15) is 9.59 Å². The number of nitrogens with zero attached hydrogens (tertiary/aromatic N) is 3. The van der Waals surface area contributed by atoms with Crippen molar-refractivity contribution in [1.29, 1.82) is 0 Å². The van der Waals surface area contributed by atoms with Crippen LogP contribution in [0.5, 0.6) is 0 Å². The Balaban J connectivity index is 1.54. The third kappa shape index (κ3) is 2.82. The lowest BCUT2D eigenvalue weighted by Crippen LogP contribution is -2.50. The van der Waals surface area contributed by atoms with Gasteiger partial charge in [-0.3, -0.25) is 9.59 Å². The van der Waals surface area contributed by atoms with Crippen molar-refractivity contribution in [2.24, 2.45) is 0 Å². The number of nitrogens with one attached hydrogen (secondary N) is 1. The Morgan fingerprint density at radius 2 is 2.20 bits per heavy atom. The number of aryl methyl sites for hydroxylation is 2. The van der Waals surface area contributed by atoms with Gasteiger partial charge < -0.3 is 10.2 Å². The number of fused-ring (bicyclic) bond motifs is 1. The molecule has 2 aliphatic heterocycles. The van der Waals surface area contributed by atoms with Crippen LogP contribution in [0.15, 0.2) is 24.3 Å². The number of benzene rings is 1. The molecule has 7 heteroatoms. The first-order chi connectivity index (χ1) is 12.1. The number of carbonyl (C=O) groups is 2. The molecule has 1 aromatic heterocycles. The smallest absolute Gasteiger partial charge is 0.267 e. The fourth-order valence-electron chi connectivity index (χ4n) is 3.80. The number of hydrogen-bond donors (Lipinski definition) is 1. The van der Waals surface area contributed by atoms with Crippen LogP contribution in [0, 0.1) is 0 Å². The molecule has 1 spiro atoms. The van der Waals surface area contributed by atoms with E-state index in [1.807, 2.05) is 36.1 Å². The molecule has 130 valence electrons. The first-order valence-electron chi connectivity index (χ1n) is 8.63. The van der Waals surface area contributed by atoms with E-state index in [0.717, 1.165) is 47.6 Å². The molecule has 0 aliphatic carbocycles. The molecule has 3 heterocycles. The van der Waals surface area contributed by atoms with E-state index in [4.69, 9.17) is 0 Å². The van der Waals surface area contributed by atoms with Crippen molar-refractivity contribution in [2.75, 3.05) is 13.1 Å². The Morgan fingerprint density at radius 3 is 3.04 bits per heavy atom. The highest BCUT2D eigenvalue weighted by atomic mass is 32.1. The summed E-state index contributed by atoms with van der Waals surface area (Å²) in [6.45, 7) is 3.17. The van der Waals surface area contributed by atoms with Crippen molar-refractivity contribution in [2.45, 2.75) is 38.1 Å². The van der Waals surface area contributed by atoms with E-state index in [2.05, 4.69) is 14.9 Å². The maximum absolute atomic E-state index is 12.8. The highest BCUT2D eigenvalue weighted by Gasteiger charge is 2.43. The van der Waals surface area contributed by atoms with Gasteiger partial charge in [-0.1, -0.05) is 29.6 Å². The summed E-state index contributed by atoms with van der Waals surface area (Å²) >= 11 is 1.16. The van der Waals surface area contributed by atoms with Crippen LogP contribution in [0.25, 0.3) is 0 Å². The number of likely N-dealkylation sites (tertiary alicyclic amines) is 1. The average Bonchev–Trinajstić information content (AvgIpc) is 3.24. The zero-order valence-corrected chi connectivity index (χ0v) is 14.9. The Hall–Kier alpha value is -2.28. The molecule has 2 aliphatic rings. The molecule has 1 atom stereocenters. The van der Waals surface area contributed by atoms with Crippen molar-refractivity contribution >= 4 is 23.3 Å². The average molecular weight is 356 g/mol. The number of hydrogen-bond acceptors (Lipinski definition) is 5. The summed E-state index contributed by atoms with van der Waals surface area (Å²) in [5.74, 6) is -0.0455. The fourth-order valence-corrected chi connectivity index (χ4v) is 4.52. The topological polar surface area (TPSA) is 75.2 Å². The number of amides is 2. The van der Waals surface area contributed by atoms with Gasteiger partial charge in [0, 0.05) is 18.7 Å². The van der Waals surface area contributed by atoms with Crippen molar-refractivity contribution < 1.29 is 9.59 Å². The van der Waals surface area contributed by atoms with Gasteiger partial charge in [-0.2, -0.15) is 0 Å². The highest BCUT2D eigenvalue weighted by molar-refractivity contribution is 7.08. The summed E-state index contributed by atoms with van der Waals surface area (Å²) in [4.78, 5) is 27.9. The zero-order chi connectivity index (χ0) is 17.4. The summed E-state index contributed by atoms with van der Waals surface area (Å²) in [7, 11) is 0. The van der Waals surface area contributed by atoms with Crippen molar-refractivity contribution in [3.8, 4) is 0 Å². The summed E-state index contributed by atoms with van der Waals surface area (Å²) in [5.41, 5.74) is 2.26. The minimum atomic E-state index is -0.337. The van der Waals surface area contributed by atoms with Gasteiger partial charge in [0.1, 0.15) is 4.88 Å². The second-order valence-corrected chi connectivity index (χ2v) is 7.52. The van der Waals surface area contributed by atoms with Gasteiger partial charge in [0.2, 0.25) is 0 Å². The number of rotatable bonds is 2. The largest absolute Gasteiger partial charge is 0.345 e. The van der Waals surface area contributed by atoms with Crippen LogP contribution in [0.2, 0.25) is 0 Å². The second kappa shape index (κ2) is 6.22. The summed E-state index contributed by atoms with van der Waals surface area (Å²) in [6, 6.07) is 7.75. The molecule has 1 fully saturated rings. The van der Waals surface area contributed by atoms with Gasteiger partial charge >= 0.3 is 0 Å². The lowest BCUT2D eigenvalue weighted by Gasteiger charge is -2.28. The van der Waals surface area contributed by atoms with Gasteiger partial charge in [-0.25, -0.2) is 0 Å². The molecule has 1 N–H and O–H groups in total. The Bertz CT molecular complexity index is 834. The number of carbonyl (C=O) groups excluding carboxylic acids is 2. The van der Waals surface area contributed by atoms with Crippen LogP contribution in [0.1, 0.15) is 51.1 Å². The molecular weight excluding hydrogens is 336 g/mol. The molecule has 2 aromatic rings. The SMILES string of the molecule is CCc1nnsc1C(=O)N1CC[C@]2(CCc3ccccc3C(=O)N2)C1. The summed E-state index contributed by atoms with van der Waals surface area (Å²) in [5, 5.41) is 7.25. The zero-order valence-electron chi connectivity index (χ0n) is 14.1. The van der Waals surface area contributed by atoms with Gasteiger partial charge in [-0.05, 0) is 48.8 Å². The fraction of sp³-hybridized carbons (Fsp3) is 0.444. The third-order valence-corrected chi connectivity index (χ3v) is 6.00. The lowest BCUT2D eigenvalue weighted by atomic mass is 9.91. The van der Waals surface area contributed by atoms with Crippen LogP contribution in [0.3, 0.4) is 0 Å². The Labute approximate surface area is 150 Å². The molecule has 0 bridgehead atoms. The van der Waals surface area contributed by atoms with Crippen LogP contribution in [-0.2, 0) is 12.8 Å². The van der Waals surface area contributed by atoms with Gasteiger partial charge in [0.05, 0.1) is 11.2 Å². The van der Waals surface area contributed by atoms with Gasteiger partial charge in [0.25, 0.3) is 11.8 Å². The molecule has 2 amide bonds. The van der Waals surface area contributed by atoms with Crippen molar-refractivity contribution in [1.82, 2.24) is 19.8 Å². The monoisotopic (exact) mass is 356 g/mol. The maximum Gasteiger partial charge on any atom is 0.267 e. The molecule has 1 aromatic carbocycles. The Morgan fingerprint density at radius 1 is 1.36 bits per heavy atom. The first kappa shape index (κ1) is 16.2. The van der Waals surface area contributed by atoms with E-state index in [1.54, 1.807) is 0 Å². The van der Waals surface area contributed by atoms with E-state index in [-0.39, 0.29) is 17.4 Å². The predicted octanol–water partition coefficient (Wildman–Crippen LogP) is 2.06. The van der Waals surface area contributed by atoms with E-state index >= 15 is 0 Å². The molecular formula is C18H20N4O2S. The first-order valence-corrected chi connectivity index (χ1v) is 9.40. The summed E-state index contributed by atoms with van der Waals surface area (Å²) < 4.78 is 3.92. The number of aromatic nitrogens is 2. The second-order valence-electron chi connectivity index (χ2n) is 6.77. The standard InChI is InChI=1S/C18H20N4O2S/c1-2-14-15(25-21-20-14)17(24)22-10-9-18(11-22)8-7-12-5-3-4-6-13(12)16(23)19-18/h3-6H,2,7-11H2,1H3,(H,19,23)/t18-/m1/s1. The molecule has 1 saturated heterocycles. The predicted molar refractivity (Wildman–Crippen MR) is 94.8 cm³/mol. The van der Waals surface area contributed by atoms with Crippen LogP contribution < -0.4 is 5.32 Å². The van der Waals surface area contributed by atoms with E-state index in [0.29, 0.717) is 24.4 Å². The molecule has 25 heavy (non-hydrogen) atoms. The molecule has 0 radical (unpaired) electrons. The van der Waals surface area contributed by atoms with E-state index < -0.39 is 0 Å². The minimum Gasteiger partial charge on any atom is -0.345 e.